The smallest absolute Gasteiger partial charge is 0.255 e. The number of rotatable bonds is 3. The van der Waals surface area contributed by atoms with Crippen molar-refractivity contribution in [2.75, 3.05) is 26.7 Å². The summed E-state index contributed by atoms with van der Waals surface area (Å²) in [5.74, 6) is 0.728. The van der Waals surface area contributed by atoms with Crippen LogP contribution in [0.4, 0.5) is 0 Å². The van der Waals surface area contributed by atoms with E-state index in [1.165, 1.54) is 10.6 Å². The normalized spacial score (nSPS) is 17.6. The quantitative estimate of drug-likeness (QED) is 0.919. The zero-order valence-electron chi connectivity index (χ0n) is 13.9. The minimum atomic E-state index is -0.126. The van der Waals surface area contributed by atoms with Gasteiger partial charge in [0.25, 0.3) is 5.91 Å². The lowest BCUT2D eigenvalue weighted by atomic mass is 10.0. The molecule has 0 radical (unpaired) electrons. The van der Waals surface area contributed by atoms with Crippen LogP contribution in [0.2, 0.25) is 0 Å². The first-order valence-electron chi connectivity index (χ1n) is 7.92. The molecule has 1 saturated heterocycles. The molecule has 0 aliphatic carbocycles. The van der Waals surface area contributed by atoms with E-state index in [9.17, 15) is 9.59 Å². The van der Waals surface area contributed by atoms with Gasteiger partial charge >= 0.3 is 0 Å². The van der Waals surface area contributed by atoms with Gasteiger partial charge < -0.3 is 19.5 Å². The van der Waals surface area contributed by atoms with Crippen LogP contribution in [0.3, 0.4) is 0 Å². The first kappa shape index (κ1) is 16.3. The monoisotopic (exact) mass is 327 g/mol. The van der Waals surface area contributed by atoms with E-state index >= 15 is 0 Å². The van der Waals surface area contributed by atoms with Crippen molar-refractivity contribution in [2.45, 2.75) is 6.04 Å². The summed E-state index contributed by atoms with van der Waals surface area (Å²) in [6.45, 7) is 2.08. The summed E-state index contributed by atoms with van der Waals surface area (Å²) in [6.07, 6.45) is 1.60. The minimum Gasteiger partial charge on any atom is -0.497 e. The van der Waals surface area contributed by atoms with Crippen LogP contribution in [0.5, 0.6) is 5.75 Å². The molecule has 1 aliphatic rings. The Kier molecular flexibility index (Phi) is 4.66. The van der Waals surface area contributed by atoms with E-state index in [1.54, 1.807) is 26.4 Å². The number of aryl methyl sites for hydroxylation is 1. The SMILES string of the molecule is COc1ccc([C@H]2CNCCN2C(=O)c2ccc(=O)n(C)c2)cc1. The number of hydrogen-bond donors (Lipinski definition) is 1. The highest BCUT2D eigenvalue weighted by Gasteiger charge is 2.28. The van der Waals surface area contributed by atoms with Gasteiger partial charge in [-0.2, -0.15) is 0 Å². The molecule has 24 heavy (non-hydrogen) atoms. The zero-order valence-corrected chi connectivity index (χ0v) is 13.9. The van der Waals surface area contributed by atoms with Crippen molar-refractivity contribution in [3.8, 4) is 5.75 Å². The third-order valence-corrected chi connectivity index (χ3v) is 4.34. The molecule has 1 aliphatic heterocycles. The fourth-order valence-electron chi connectivity index (χ4n) is 2.96. The molecule has 6 nitrogen and oxygen atoms in total. The lowest BCUT2D eigenvalue weighted by molar-refractivity contribution is 0.0633. The van der Waals surface area contributed by atoms with Gasteiger partial charge in [-0.3, -0.25) is 9.59 Å². The van der Waals surface area contributed by atoms with Crippen LogP contribution >= 0.6 is 0 Å². The highest BCUT2D eigenvalue weighted by molar-refractivity contribution is 5.94. The van der Waals surface area contributed by atoms with Crippen molar-refractivity contribution in [2.24, 2.45) is 7.05 Å². The number of hydrogen-bond acceptors (Lipinski definition) is 4. The number of amides is 1. The highest BCUT2D eigenvalue weighted by Crippen LogP contribution is 2.25. The van der Waals surface area contributed by atoms with E-state index in [2.05, 4.69) is 5.32 Å². The number of aromatic nitrogens is 1. The molecule has 0 bridgehead atoms. The number of carbonyl (C=O) groups is 1. The fourth-order valence-corrected chi connectivity index (χ4v) is 2.96. The largest absolute Gasteiger partial charge is 0.497 e. The van der Waals surface area contributed by atoms with Gasteiger partial charge in [0.2, 0.25) is 5.56 Å². The van der Waals surface area contributed by atoms with Crippen molar-refractivity contribution in [1.29, 1.82) is 0 Å². The Balaban J connectivity index is 1.89. The summed E-state index contributed by atoms with van der Waals surface area (Å²) in [6, 6.07) is 10.7. The molecule has 1 aromatic carbocycles. The average Bonchev–Trinajstić information content (AvgIpc) is 2.63. The Bertz CT molecular complexity index is 783. The molecule has 1 atom stereocenters. The van der Waals surface area contributed by atoms with Crippen LogP contribution in [0, 0.1) is 0 Å². The summed E-state index contributed by atoms with van der Waals surface area (Å²) in [7, 11) is 3.28. The Morgan fingerprint density at radius 2 is 1.96 bits per heavy atom. The van der Waals surface area contributed by atoms with E-state index in [4.69, 9.17) is 4.74 Å². The second-order valence-electron chi connectivity index (χ2n) is 5.86. The predicted molar refractivity (Wildman–Crippen MR) is 91.3 cm³/mol. The molecule has 0 saturated carbocycles. The van der Waals surface area contributed by atoms with Gasteiger partial charge in [-0.25, -0.2) is 0 Å². The maximum absolute atomic E-state index is 12.9. The number of ether oxygens (including phenoxy) is 1. The predicted octanol–water partition coefficient (Wildman–Crippen LogP) is 1.18. The van der Waals surface area contributed by atoms with Gasteiger partial charge in [-0.1, -0.05) is 12.1 Å². The number of nitrogens with zero attached hydrogens (tertiary/aromatic N) is 2. The van der Waals surface area contributed by atoms with Crippen molar-refractivity contribution >= 4 is 5.91 Å². The van der Waals surface area contributed by atoms with Crippen LogP contribution in [0.15, 0.2) is 47.4 Å². The van der Waals surface area contributed by atoms with E-state index in [0.717, 1.165) is 17.9 Å². The molecule has 126 valence electrons. The zero-order chi connectivity index (χ0) is 17.1. The van der Waals surface area contributed by atoms with E-state index in [1.807, 2.05) is 29.2 Å². The lowest BCUT2D eigenvalue weighted by Crippen LogP contribution is -2.48. The maximum atomic E-state index is 12.9. The highest BCUT2D eigenvalue weighted by atomic mass is 16.5. The number of nitrogens with one attached hydrogen (secondary N) is 1. The van der Waals surface area contributed by atoms with Crippen molar-refractivity contribution < 1.29 is 9.53 Å². The van der Waals surface area contributed by atoms with Gasteiger partial charge in [-0.05, 0) is 23.8 Å². The van der Waals surface area contributed by atoms with Gasteiger partial charge in [0, 0.05) is 38.9 Å². The number of pyridine rings is 1. The first-order chi connectivity index (χ1) is 11.6. The van der Waals surface area contributed by atoms with Gasteiger partial charge in [0.15, 0.2) is 0 Å². The second-order valence-corrected chi connectivity index (χ2v) is 5.86. The Morgan fingerprint density at radius 3 is 2.62 bits per heavy atom. The molecule has 2 heterocycles. The standard InChI is InChI=1S/C18H21N3O3/c1-20-12-14(5-8-17(20)22)18(23)21-10-9-19-11-16(21)13-3-6-15(24-2)7-4-13/h3-8,12,16,19H,9-11H2,1-2H3/t16-/m1/s1. The molecular weight excluding hydrogens is 306 g/mol. The molecule has 2 aromatic rings. The van der Waals surface area contributed by atoms with Gasteiger partial charge in [0.05, 0.1) is 18.7 Å². The van der Waals surface area contributed by atoms with Crippen molar-refractivity contribution in [1.82, 2.24) is 14.8 Å². The topological polar surface area (TPSA) is 63.6 Å². The summed E-state index contributed by atoms with van der Waals surface area (Å²) in [5.41, 5.74) is 1.46. The lowest BCUT2D eigenvalue weighted by Gasteiger charge is -2.36. The summed E-state index contributed by atoms with van der Waals surface area (Å²) in [4.78, 5) is 26.3. The van der Waals surface area contributed by atoms with Crippen LogP contribution in [0.1, 0.15) is 22.0 Å². The average molecular weight is 327 g/mol. The minimum absolute atomic E-state index is 0.0469. The molecule has 1 fully saturated rings. The summed E-state index contributed by atoms with van der Waals surface area (Å²) in [5, 5.41) is 3.34. The second kappa shape index (κ2) is 6.88. The van der Waals surface area contributed by atoms with E-state index < -0.39 is 0 Å². The third-order valence-electron chi connectivity index (χ3n) is 4.34. The van der Waals surface area contributed by atoms with Crippen molar-refractivity contribution in [3.05, 3.63) is 64.1 Å². The van der Waals surface area contributed by atoms with Gasteiger partial charge in [0.1, 0.15) is 5.75 Å². The Labute approximate surface area is 140 Å². The number of benzene rings is 1. The van der Waals surface area contributed by atoms with Crippen LogP contribution in [0.25, 0.3) is 0 Å². The summed E-state index contributed by atoms with van der Waals surface area (Å²) < 4.78 is 6.62. The van der Waals surface area contributed by atoms with E-state index in [-0.39, 0.29) is 17.5 Å². The Morgan fingerprint density at radius 1 is 1.21 bits per heavy atom. The summed E-state index contributed by atoms with van der Waals surface area (Å²) >= 11 is 0. The number of carbonyl (C=O) groups excluding carboxylic acids is 1. The van der Waals surface area contributed by atoms with Crippen LogP contribution in [-0.2, 0) is 7.05 Å². The molecule has 6 heteroatoms. The third kappa shape index (κ3) is 3.19. The molecule has 1 N–H and O–H groups in total. The van der Waals surface area contributed by atoms with Gasteiger partial charge in [-0.15, -0.1) is 0 Å². The molecule has 0 unspecified atom stereocenters. The molecule has 1 aromatic heterocycles. The van der Waals surface area contributed by atoms with E-state index in [0.29, 0.717) is 18.7 Å². The molecule has 3 rings (SSSR count). The fraction of sp³-hybridized carbons (Fsp3) is 0.333. The maximum Gasteiger partial charge on any atom is 0.255 e. The Hall–Kier alpha value is -2.60. The molecular formula is C18H21N3O3. The first-order valence-corrected chi connectivity index (χ1v) is 7.92. The van der Waals surface area contributed by atoms with Crippen molar-refractivity contribution in [3.63, 3.8) is 0 Å². The number of methoxy groups -OCH3 is 1. The van der Waals surface area contributed by atoms with Crippen LogP contribution in [-0.4, -0.2) is 42.1 Å². The number of piperazine rings is 1. The molecule has 1 amide bonds. The van der Waals surface area contributed by atoms with Crippen LogP contribution < -0.4 is 15.6 Å². The molecule has 0 spiro atoms.